The third-order valence-corrected chi connectivity index (χ3v) is 6.30. The molecule has 0 unspecified atom stereocenters. The van der Waals surface area contributed by atoms with E-state index in [1.807, 2.05) is 0 Å². The Morgan fingerprint density at radius 3 is 2.46 bits per heavy atom. The van der Waals surface area contributed by atoms with Gasteiger partial charge in [0.1, 0.15) is 11.6 Å². The predicted octanol–water partition coefficient (Wildman–Crippen LogP) is 3.03. The smallest absolute Gasteiger partial charge is 0.129 e. The summed E-state index contributed by atoms with van der Waals surface area (Å²) in [5.41, 5.74) is 2.78. The van der Waals surface area contributed by atoms with Crippen molar-refractivity contribution in [1.82, 2.24) is 19.4 Å². The highest BCUT2D eigenvalue weighted by Gasteiger charge is 2.46. The molecule has 0 saturated carbocycles. The lowest BCUT2D eigenvalue weighted by molar-refractivity contribution is -0.00834. The molecule has 3 heterocycles. The molecule has 4 rings (SSSR count). The van der Waals surface area contributed by atoms with Crippen molar-refractivity contribution in [1.29, 1.82) is 0 Å². The van der Waals surface area contributed by atoms with Gasteiger partial charge in [0.05, 0.1) is 12.6 Å². The molecule has 1 saturated heterocycles. The minimum atomic E-state index is 0.123. The number of fused-ring (bicyclic) bond motifs is 2. The fraction of sp³-hybridized carbons (Fsp3) is 0.571. The molecule has 1 aromatic heterocycles. The Labute approximate surface area is 156 Å². The summed E-state index contributed by atoms with van der Waals surface area (Å²) in [7, 11) is 1.72. The molecule has 2 aliphatic rings. The number of likely N-dealkylation sites (tertiary alicyclic amines) is 1. The lowest BCUT2D eigenvalue weighted by Crippen LogP contribution is -2.57. The minimum Gasteiger partial charge on any atom is -0.497 e. The van der Waals surface area contributed by atoms with Crippen molar-refractivity contribution in [2.45, 2.75) is 45.3 Å². The number of piperidine rings is 1. The Morgan fingerprint density at radius 1 is 1.08 bits per heavy atom. The Hall–Kier alpha value is -1.85. The Kier molecular flexibility index (Phi) is 4.76. The Bertz CT molecular complexity index is 744. The van der Waals surface area contributed by atoms with Crippen molar-refractivity contribution in [3.8, 4) is 5.75 Å². The molecule has 1 fully saturated rings. The molecule has 1 spiro atoms. The maximum absolute atomic E-state index is 5.27. The van der Waals surface area contributed by atoms with Crippen molar-refractivity contribution in [3.05, 3.63) is 47.5 Å². The zero-order chi connectivity index (χ0) is 18.1. The van der Waals surface area contributed by atoms with Crippen LogP contribution in [-0.2, 0) is 18.6 Å². The summed E-state index contributed by atoms with van der Waals surface area (Å²) in [6.45, 7) is 11.0. The van der Waals surface area contributed by atoms with Crippen LogP contribution >= 0.6 is 0 Å². The second-order valence-corrected chi connectivity index (χ2v) is 7.61. The van der Waals surface area contributed by atoms with Gasteiger partial charge in [-0.2, -0.15) is 0 Å². The van der Waals surface area contributed by atoms with Crippen molar-refractivity contribution < 1.29 is 4.74 Å². The monoisotopic (exact) mass is 354 g/mol. The van der Waals surface area contributed by atoms with Gasteiger partial charge in [0.2, 0.25) is 0 Å². The molecule has 2 aromatic rings. The van der Waals surface area contributed by atoms with Gasteiger partial charge in [-0.1, -0.05) is 19.1 Å². The first kappa shape index (κ1) is 17.6. The third-order valence-electron chi connectivity index (χ3n) is 6.30. The molecule has 1 aromatic carbocycles. The summed E-state index contributed by atoms with van der Waals surface area (Å²) >= 11 is 0. The second kappa shape index (κ2) is 7.05. The number of aromatic nitrogens is 2. The molecule has 5 nitrogen and oxygen atoms in total. The van der Waals surface area contributed by atoms with Crippen LogP contribution in [0.25, 0.3) is 0 Å². The number of nitrogens with zero attached hydrogens (tertiary/aromatic N) is 4. The lowest BCUT2D eigenvalue weighted by atomic mass is 9.83. The number of benzene rings is 1. The summed E-state index contributed by atoms with van der Waals surface area (Å²) in [4.78, 5) is 10.1. The number of hydrogen-bond donors (Lipinski definition) is 0. The Morgan fingerprint density at radius 2 is 1.81 bits per heavy atom. The number of imidazole rings is 1. The summed E-state index contributed by atoms with van der Waals surface area (Å²) < 4.78 is 7.72. The van der Waals surface area contributed by atoms with Crippen LogP contribution in [0, 0.1) is 6.92 Å². The van der Waals surface area contributed by atoms with Crippen LogP contribution in [0.2, 0.25) is 0 Å². The van der Waals surface area contributed by atoms with Gasteiger partial charge < -0.3 is 9.30 Å². The molecule has 0 atom stereocenters. The molecule has 5 heteroatoms. The number of hydrogen-bond acceptors (Lipinski definition) is 4. The van der Waals surface area contributed by atoms with E-state index in [0.717, 1.165) is 57.9 Å². The Balaban J connectivity index is 1.49. The highest BCUT2D eigenvalue weighted by molar-refractivity contribution is 5.27. The largest absolute Gasteiger partial charge is 0.497 e. The number of rotatable bonds is 4. The lowest BCUT2D eigenvalue weighted by Gasteiger charge is -2.50. The summed E-state index contributed by atoms with van der Waals surface area (Å²) in [5.74, 6) is 2.22. The van der Waals surface area contributed by atoms with Gasteiger partial charge in [-0.25, -0.2) is 4.98 Å². The second-order valence-electron chi connectivity index (χ2n) is 7.61. The molecule has 0 N–H and O–H groups in total. The number of likely N-dealkylation sites (N-methyl/N-ethyl adjacent to an activating group) is 1. The molecule has 140 valence electrons. The van der Waals surface area contributed by atoms with Crippen LogP contribution in [0.4, 0.5) is 0 Å². The van der Waals surface area contributed by atoms with Crippen molar-refractivity contribution in [3.63, 3.8) is 0 Å². The summed E-state index contributed by atoms with van der Waals surface area (Å²) in [6, 6.07) is 8.47. The number of aryl methyl sites for hydroxylation is 1. The van der Waals surface area contributed by atoms with E-state index in [2.05, 4.69) is 58.7 Å². The van der Waals surface area contributed by atoms with Crippen LogP contribution in [0.3, 0.4) is 0 Å². The first-order valence-corrected chi connectivity index (χ1v) is 9.79. The molecule has 0 radical (unpaired) electrons. The van der Waals surface area contributed by atoms with E-state index in [1.54, 1.807) is 7.11 Å². The zero-order valence-corrected chi connectivity index (χ0v) is 16.2. The number of methoxy groups -OCH3 is 1. The van der Waals surface area contributed by atoms with Crippen LogP contribution in [0.5, 0.6) is 5.75 Å². The summed E-state index contributed by atoms with van der Waals surface area (Å²) in [6.07, 6.45) is 4.38. The van der Waals surface area contributed by atoms with Gasteiger partial charge in [0.15, 0.2) is 0 Å². The molecule has 26 heavy (non-hydrogen) atoms. The van der Waals surface area contributed by atoms with E-state index in [4.69, 9.17) is 9.72 Å². The van der Waals surface area contributed by atoms with Gasteiger partial charge in [-0.3, -0.25) is 9.80 Å². The number of ether oxygens (including phenoxy) is 1. The molecule has 0 aliphatic carbocycles. The van der Waals surface area contributed by atoms with Gasteiger partial charge in [0.25, 0.3) is 0 Å². The van der Waals surface area contributed by atoms with Gasteiger partial charge >= 0.3 is 0 Å². The van der Waals surface area contributed by atoms with Crippen molar-refractivity contribution >= 4 is 0 Å². The van der Waals surface area contributed by atoms with Crippen LogP contribution in [-0.4, -0.2) is 52.6 Å². The minimum absolute atomic E-state index is 0.123. The average Bonchev–Trinajstić information content (AvgIpc) is 3.07. The SMILES string of the molecule is CCN1CCn2c(C)cnc2C12CCN(Cc1ccc(OC)cc1)CC2. The van der Waals surface area contributed by atoms with E-state index < -0.39 is 0 Å². The van der Waals surface area contributed by atoms with E-state index in [1.165, 1.54) is 17.1 Å². The van der Waals surface area contributed by atoms with Crippen LogP contribution < -0.4 is 4.74 Å². The fourth-order valence-corrected chi connectivity index (χ4v) is 4.76. The predicted molar refractivity (Wildman–Crippen MR) is 103 cm³/mol. The van der Waals surface area contributed by atoms with Gasteiger partial charge in [0, 0.05) is 44.6 Å². The first-order chi connectivity index (χ1) is 12.7. The molecular formula is C21H30N4O. The standard InChI is InChI=1S/C21H30N4O/c1-4-24-13-14-25-17(2)15-22-20(25)21(24)9-11-23(12-10-21)16-18-5-7-19(26-3)8-6-18/h5-8,15H,4,9-14,16H2,1-3H3. The van der Waals surface area contributed by atoms with E-state index >= 15 is 0 Å². The highest BCUT2D eigenvalue weighted by atomic mass is 16.5. The zero-order valence-electron chi connectivity index (χ0n) is 16.2. The summed E-state index contributed by atoms with van der Waals surface area (Å²) in [5, 5.41) is 0. The molecule has 0 amide bonds. The fourth-order valence-electron chi connectivity index (χ4n) is 4.76. The van der Waals surface area contributed by atoms with Crippen molar-refractivity contribution in [2.75, 3.05) is 33.3 Å². The van der Waals surface area contributed by atoms with Crippen LogP contribution in [0.1, 0.15) is 36.8 Å². The quantitative estimate of drug-likeness (QED) is 0.845. The maximum atomic E-state index is 5.27. The normalized spacial score (nSPS) is 20.3. The highest BCUT2D eigenvalue weighted by Crippen LogP contribution is 2.41. The van der Waals surface area contributed by atoms with Gasteiger partial charge in [-0.15, -0.1) is 0 Å². The maximum Gasteiger partial charge on any atom is 0.129 e. The molecule has 0 bridgehead atoms. The van der Waals surface area contributed by atoms with E-state index in [9.17, 15) is 0 Å². The van der Waals surface area contributed by atoms with E-state index in [-0.39, 0.29) is 5.54 Å². The molecular weight excluding hydrogens is 324 g/mol. The van der Waals surface area contributed by atoms with E-state index in [0.29, 0.717) is 0 Å². The topological polar surface area (TPSA) is 33.5 Å². The van der Waals surface area contributed by atoms with Gasteiger partial charge in [-0.05, 0) is 44.0 Å². The van der Waals surface area contributed by atoms with Crippen molar-refractivity contribution in [2.24, 2.45) is 0 Å². The third kappa shape index (κ3) is 2.93. The molecule has 2 aliphatic heterocycles. The van der Waals surface area contributed by atoms with Crippen LogP contribution in [0.15, 0.2) is 30.5 Å². The first-order valence-electron chi connectivity index (χ1n) is 9.79. The average molecular weight is 354 g/mol.